The van der Waals surface area contributed by atoms with Crippen LogP contribution in [0.5, 0.6) is 0 Å². The fourth-order valence-electron chi connectivity index (χ4n) is 2.45. The fraction of sp³-hybridized carbons (Fsp3) is 0.333. The van der Waals surface area contributed by atoms with Crippen LogP contribution in [-0.2, 0) is 11.2 Å². The number of guanidine groups is 1. The Morgan fingerprint density at radius 2 is 2.11 bits per heavy atom. The second kappa shape index (κ2) is 5.26. The molecule has 1 amide bonds. The van der Waals surface area contributed by atoms with Gasteiger partial charge in [-0.25, -0.2) is 0 Å². The minimum absolute atomic E-state index is 0.155. The van der Waals surface area contributed by atoms with E-state index in [0.29, 0.717) is 5.57 Å². The van der Waals surface area contributed by atoms with Crippen LogP contribution in [0.25, 0.3) is 6.08 Å². The zero-order valence-electron chi connectivity index (χ0n) is 11.3. The molecule has 1 aliphatic carbocycles. The van der Waals surface area contributed by atoms with Gasteiger partial charge in [0.25, 0.3) is 5.91 Å². The number of carbonyl (C=O) groups is 1. The minimum atomic E-state index is -0.330. The van der Waals surface area contributed by atoms with E-state index in [1.165, 1.54) is 11.1 Å². The Balaban J connectivity index is 2.50. The van der Waals surface area contributed by atoms with E-state index in [1.54, 1.807) is 0 Å². The molecule has 0 fully saturated rings. The molecule has 19 heavy (non-hydrogen) atoms. The Morgan fingerprint density at radius 1 is 1.37 bits per heavy atom. The molecule has 4 N–H and O–H groups in total. The van der Waals surface area contributed by atoms with Gasteiger partial charge in [-0.3, -0.25) is 4.79 Å². The smallest absolute Gasteiger partial charge is 0.276 e. The van der Waals surface area contributed by atoms with E-state index in [4.69, 9.17) is 11.5 Å². The number of benzene rings is 1. The predicted octanol–water partition coefficient (Wildman–Crippen LogP) is 1.76. The highest BCUT2D eigenvalue weighted by molar-refractivity contribution is 6.04. The van der Waals surface area contributed by atoms with Crippen molar-refractivity contribution in [1.29, 1.82) is 0 Å². The maximum absolute atomic E-state index is 12.1. The first kappa shape index (κ1) is 13.3. The number of hydrogen-bond acceptors (Lipinski definition) is 1. The van der Waals surface area contributed by atoms with Crippen molar-refractivity contribution < 1.29 is 4.79 Å². The van der Waals surface area contributed by atoms with Gasteiger partial charge in [0.1, 0.15) is 0 Å². The van der Waals surface area contributed by atoms with Crippen LogP contribution in [0.3, 0.4) is 0 Å². The zero-order valence-corrected chi connectivity index (χ0v) is 11.3. The van der Waals surface area contributed by atoms with Crippen LogP contribution in [0.1, 0.15) is 30.0 Å². The van der Waals surface area contributed by atoms with Crippen molar-refractivity contribution in [3.8, 4) is 0 Å². The van der Waals surface area contributed by atoms with E-state index in [9.17, 15) is 4.79 Å². The number of hydrogen-bond donors (Lipinski definition) is 2. The number of fused-ring (bicyclic) bond motifs is 1. The number of nitrogens with zero attached hydrogens (tertiary/aromatic N) is 1. The Morgan fingerprint density at radius 3 is 2.79 bits per heavy atom. The maximum Gasteiger partial charge on any atom is 0.276 e. The molecule has 1 unspecified atom stereocenters. The molecule has 1 atom stereocenters. The second-order valence-corrected chi connectivity index (χ2v) is 5.03. The molecule has 1 aliphatic rings. The van der Waals surface area contributed by atoms with Crippen LogP contribution in [0.4, 0.5) is 0 Å². The second-order valence-electron chi connectivity index (χ2n) is 5.03. The third-order valence-electron chi connectivity index (χ3n) is 3.57. The molecule has 0 radical (unpaired) electrons. The average molecular weight is 257 g/mol. The number of carbonyl (C=O) groups excluding carboxylic acids is 1. The minimum Gasteiger partial charge on any atom is -0.370 e. The van der Waals surface area contributed by atoms with Crippen LogP contribution in [-0.4, -0.2) is 11.9 Å². The average Bonchev–Trinajstić information content (AvgIpc) is 2.49. The molecule has 0 aromatic heterocycles. The van der Waals surface area contributed by atoms with Crippen LogP contribution in [0.15, 0.2) is 28.8 Å². The largest absolute Gasteiger partial charge is 0.370 e. The van der Waals surface area contributed by atoms with E-state index in [1.807, 2.05) is 26.0 Å². The lowest BCUT2D eigenvalue weighted by Gasteiger charge is -2.09. The van der Waals surface area contributed by atoms with Gasteiger partial charge in [0.2, 0.25) is 0 Å². The van der Waals surface area contributed by atoms with E-state index < -0.39 is 0 Å². The van der Waals surface area contributed by atoms with Crippen molar-refractivity contribution in [3.63, 3.8) is 0 Å². The van der Waals surface area contributed by atoms with Gasteiger partial charge in [0.15, 0.2) is 5.96 Å². The molecule has 2 rings (SSSR count). The van der Waals surface area contributed by atoms with Gasteiger partial charge in [0, 0.05) is 5.57 Å². The highest BCUT2D eigenvalue weighted by Crippen LogP contribution is 2.29. The lowest BCUT2D eigenvalue weighted by atomic mass is 9.96. The first-order chi connectivity index (χ1) is 8.99. The normalized spacial score (nSPS) is 18.0. The number of nitrogens with two attached hydrogens (primary N) is 2. The summed E-state index contributed by atoms with van der Waals surface area (Å²) in [5.74, 6) is -0.363. The van der Waals surface area contributed by atoms with Crippen molar-refractivity contribution in [2.75, 3.05) is 0 Å². The van der Waals surface area contributed by atoms with Gasteiger partial charge >= 0.3 is 0 Å². The number of aliphatic imine (C=N–C) groups is 1. The molecule has 100 valence electrons. The summed E-state index contributed by atoms with van der Waals surface area (Å²) < 4.78 is 0. The summed E-state index contributed by atoms with van der Waals surface area (Å²) in [6.45, 7) is 4.08. The van der Waals surface area contributed by atoms with Gasteiger partial charge in [0.05, 0.1) is 0 Å². The summed E-state index contributed by atoms with van der Waals surface area (Å²) in [5, 5.41) is 0. The number of rotatable bonds is 1. The molecule has 0 spiro atoms. The molecular weight excluding hydrogens is 238 g/mol. The maximum atomic E-state index is 12.1. The molecule has 0 bridgehead atoms. The summed E-state index contributed by atoms with van der Waals surface area (Å²) in [4.78, 5) is 15.7. The third-order valence-corrected chi connectivity index (χ3v) is 3.57. The highest BCUT2D eigenvalue weighted by atomic mass is 16.1. The molecule has 4 heteroatoms. The Labute approximate surface area is 113 Å². The van der Waals surface area contributed by atoms with E-state index in [2.05, 4.69) is 17.1 Å². The summed E-state index contributed by atoms with van der Waals surface area (Å²) in [6, 6.07) is 6.21. The van der Waals surface area contributed by atoms with Gasteiger partial charge in [-0.15, -0.1) is 0 Å². The summed E-state index contributed by atoms with van der Waals surface area (Å²) >= 11 is 0. The van der Waals surface area contributed by atoms with Crippen molar-refractivity contribution in [3.05, 3.63) is 40.5 Å². The van der Waals surface area contributed by atoms with Gasteiger partial charge in [-0.05, 0) is 48.4 Å². The molecule has 4 nitrogen and oxygen atoms in total. The van der Waals surface area contributed by atoms with E-state index in [0.717, 1.165) is 18.4 Å². The van der Waals surface area contributed by atoms with Crippen molar-refractivity contribution in [1.82, 2.24) is 0 Å². The summed E-state index contributed by atoms with van der Waals surface area (Å²) in [5.41, 5.74) is 14.8. The van der Waals surface area contributed by atoms with Gasteiger partial charge in [-0.2, -0.15) is 4.99 Å². The summed E-state index contributed by atoms with van der Waals surface area (Å²) in [6.07, 6.45) is 3.83. The SMILES string of the molecule is Cc1cccc2c1C=C(C(=O)N=C(N)N)C(C)CC2. The lowest BCUT2D eigenvalue weighted by molar-refractivity contribution is -0.114. The molecule has 0 saturated carbocycles. The standard InChI is InChI=1S/C15H19N3O/c1-9-4-3-5-11-7-6-10(2)13(8-12(9)11)14(19)18-15(16)17/h3-5,8,10H,6-7H2,1-2H3,(H4,16,17,18,19). The van der Waals surface area contributed by atoms with E-state index >= 15 is 0 Å². The number of aryl methyl sites for hydroxylation is 2. The number of amides is 1. The van der Waals surface area contributed by atoms with Crippen LogP contribution in [0, 0.1) is 12.8 Å². The first-order valence-electron chi connectivity index (χ1n) is 6.43. The molecule has 1 aromatic carbocycles. The van der Waals surface area contributed by atoms with Gasteiger partial charge in [-0.1, -0.05) is 25.1 Å². The molecule has 0 saturated heterocycles. The lowest BCUT2D eigenvalue weighted by Crippen LogP contribution is -2.25. The topological polar surface area (TPSA) is 81.5 Å². The molecule has 0 aliphatic heterocycles. The highest BCUT2D eigenvalue weighted by Gasteiger charge is 2.21. The first-order valence-corrected chi connectivity index (χ1v) is 6.43. The Bertz CT molecular complexity index is 569. The van der Waals surface area contributed by atoms with Crippen molar-refractivity contribution in [2.24, 2.45) is 22.4 Å². The monoisotopic (exact) mass is 257 g/mol. The van der Waals surface area contributed by atoms with Gasteiger partial charge < -0.3 is 11.5 Å². The predicted molar refractivity (Wildman–Crippen MR) is 77.5 cm³/mol. The van der Waals surface area contributed by atoms with Crippen LogP contribution >= 0.6 is 0 Å². The van der Waals surface area contributed by atoms with Crippen molar-refractivity contribution in [2.45, 2.75) is 26.7 Å². The zero-order chi connectivity index (χ0) is 14.0. The molecular formula is C15H19N3O. The van der Waals surface area contributed by atoms with E-state index in [-0.39, 0.29) is 17.8 Å². The quantitative estimate of drug-likeness (QED) is 0.594. The Hall–Kier alpha value is -2.10. The van der Waals surface area contributed by atoms with Crippen LogP contribution < -0.4 is 11.5 Å². The fourth-order valence-corrected chi connectivity index (χ4v) is 2.45. The molecule has 1 aromatic rings. The Kier molecular flexibility index (Phi) is 3.69. The van der Waals surface area contributed by atoms with Crippen molar-refractivity contribution >= 4 is 17.9 Å². The molecule has 0 heterocycles. The van der Waals surface area contributed by atoms with Crippen LogP contribution in [0.2, 0.25) is 0 Å². The third kappa shape index (κ3) is 2.84. The summed E-state index contributed by atoms with van der Waals surface area (Å²) in [7, 11) is 0.